The fourth-order valence-corrected chi connectivity index (χ4v) is 3.54. The van der Waals surface area contributed by atoms with Crippen LogP contribution >= 0.6 is 0 Å². The second-order valence-corrected chi connectivity index (χ2v) is 5.98. The van der Waals surface area contributed by atoms with Crippen molar-refractivity contribution < 1.29 is 0 Å². The quantitative estimate of drug-likeness (QED) is 0.898. The first-order valence-corrected chi connectivity index (χ1v) is 7.68. The number of nitrogens with two attached hydrogens (primary N) is 1. The van der Waals surface area contributed by atoms with Crippen molar-refractivity contribution in [2.24, 2.45) is 11.7 Å². The summed E-state index contributed by atoms with van der Waals surface area (Å²) in [5.74, 6) is 0.613. The third-order valence-electron chi connectivity index (χ3n) is 4.42. The van der Waals surface area contributed by atoms with Crippen molar-refractivity contribution in [3.63, 3.8) is 0 Å². The van der Waals surface area contributed by atoms with Crippen LogP contribution in [0.3, 0.4) is 0 Å². The average molecular weight is 260 g/mol. The van der Waals surface area contributed by atoms with Crippen molar-refractivity contribution in [3.8, 4) is 0 Å². The summed E-state index contributed by atoms with van der Waals surface area (Å²) in [6, 6.07) is 7.40. The van der Waals surface area contributed by atoms with Crippen molar-refractivity contribution in [1.82, 2.24) is 4.90 Å². The fourth-order valence-electron chi connectivity index (χ4n) is 3.54. The van der Waals surface area contributed by atoms with Crippen molar-refractivity contribution in [2.75, 3.05) is 19.6 Å². The Morgan fingerprint density at radius 2 is 2.11 bits per heavy atom. The van der Waals surface area contributed by atoms with Gasteiger partial charge in [-0.05, 0) is 69.8 Å². The lowest BCUT2D eigenvalue weighted by atomic mass is 9.82. The zero-order chi connectivity index (χ0) is 13.8. The Morgan fingerprint density at radius 3 is 2.74 bits per heavy atom. The van der Waals surface area contributed by atoms with Crippen LogP contribution in [0.15, 0.2) is 18.2 Å². The molecule has 0 aromatic heterocycles. The summed E-state index contributed by atoms with van der Waals surface area (Å²) in [6.07, 6.45) is 3.79. The molecule has 1 aromatic carbocycles. The molecule has 0 spiro atoms. The largest absolute Gasteiger partial charge is 0.330 e. The van der Waals surface area contributed by atoms with Crippen molar-refractivity contribution in [3.05, 3.63) is 34.9 Å². The second-order valence-electron chi connectivity index (χ2n) is 5.98. The topological polar surface area (TPSA) is 29.3 Å². The molecule has 0 aliphatic carbocycles. The van der Waals surface area contributed by atoms with E-state index >= 15 is 0 Å². The van der Waals surface area contributed by atoms with Crippen LogP contribution in [-0.2, 0) is 0 Å². The number of benzene rings is 1. The minimum Gasteiger partial charge on any atom is -0.330 e. The van der Waals surface area contributed by atoms with Gasteiger partial charge in [0.05, 0.1) is 0 Å². The summed E-state index contributed by atoms with van der Waals surface area (Å²) < 4.78 is 0. The Morgan fingerprint density at radius 1 is 1.32 bits per heavy atom. The highest BCUT2D eigenvalue weighted by Gasteiger charge is 2.31. The summed E-state index contributed by atoms with van der Waals surface area (Å²) in [4.78, 5) is 2.65. The molecule has 2 atom stereocenters. The summed E-state index contributed by atoms with van der Waals surface area (Å²) in [6.45, 7) is 9.90. The highest BCUT2D eigenvalue weighted by Crippen LogP contribution is 2.37. The molecule has 1 saturated heterocycles. The lowest BCUT2D eigenvalue weighted by Crippen LogP contribution is -2.42. The van der Waals surface area contributed by atoms with Crippen LogP contribution < -0.4 is 5.73 Å². The third-order valence-corrected chi connectivity index (χ3v) is 4.42. The number of likely N-dealkylation sites (tertiary alicyclic amines) is 1. The highest BCUT2D eigenvalue weighted by atomic mass is 15.2. The lowest BCUT2D eigenvalue weighted by Gasteiger charge is -2.42. The third kappa shape index (κ3) is 3.18. The van der Waals surface area contributed by atoms with Gasteiger partial charge in [-0.2, -0.15) is 0 Å². The van der Waals surface area contributed by atoms with E-state index in [2.05, 4.69) is 43.9 Å². The zero-order valence-corrected chi connectivity index (χ0v) is 12.7. The average Bonchev–Trinajstić information content (AvgIpc) is 2.39. The van der Waals surface area contributed by atoms with Gasteiger partial charge < -0.3 is 5.73 Å². The number of aryl methyl sites for hydroxylation is 2. The van der Waals surface area contributed by atoms with Gasteiger partial charge in [0, 0.05) is 6.04 Å². The first-order valence-electron chi connectivity index (χ1n) is 7.68. The van der Waals surface area contributed by atoms with Crippen molar-refractivity contribution in [2.45, 2.75) is 46.1 Å². The number of hydrogen-bond donors (Lipinski definition) is 1. The van der Waals surface area contributed by atoms with Crippen molar-refractivity contribution in [1.29, 1.82) is 0 Å². The van der Waals surface area contributed by atoms with Crippen molar-refractivity contribution >= 4 is 0 Å². The number of rotatable bonds is 4. The predicted molar refractivity (Wildman–Crippen MR) is 82.3 cm³/mol. The van der Waals surface area contributed by atoms with Crippen LogP contribution in [0.4, 0.5) is 0 Å². The SMILES string of the molecule is CCCN1CCCC(CN)C1c1ccc(C)cc1C. The van der Waals surface area contributed by atoms with E-state index < -0.39 is 0 Å². The van der Waals surface area contributed by atoms with E-state index in [4.69, 9.17) is 5.73 Å². The van der Waals surface area contributed by atoms with Gasteiger partial charge in [-0.3, -0.25) is 4.90 Å². The summed E-state index contributed by atoms with van der Waals surface area (Å²) in [7, 11) is 0. The molecule has 2 heteroatoms. The van der Waals surface area contributed by atoms with Crippen LogP contribution in [-0.4, -0.2) is 24.5 Å². The van der Waals surface area contributed by atoms with Crippen LogP contribution in [0.1, 0.15) is 48.9 Å². The van der Waals surface area contributed by atoms with Gasteiger partial charge in [0.25, 0.3) is 0 Å². The molecule has 2 unspecified atom stereocenters. The molecule has 0 saturated carbocycles. The second kappa shape index (κ2) is 6.53. The van der Waals surface area contributed by atoms with Crippen LogP contribution in [0.2, 0.25) is 0 Å². The molecule has 1 aliphatic heterocycles. The number of hydrogen-bond acceptors (Lipinski definition) is 2. The van der Waals surface area contributed by atoms with Gasteiger partial charge in [-0.1, -0.05) is 30.7 Å². The fraction of sp³-hybridized carbons (Fsp3) is 0.647. The molecule has 2 rings (SSSR count). The van der Waals surface area contributed by atoms with E-state index in [-0.39, 0.29) is 0 Å². The van der Waals surface area contributed by atoms with E-state index in [9.17, 15) is 0 Å². The molecule has 1 fully saturated rings. The maximum atomic E-state index is 6.04. The summed E-state index contributed by atoms with van der Waals surface area (Å²) >= 11 is 0. The molecular formula is C17H28N2. The predicted octanol–water partition coefficient (Wildman–Crippen LogP) is 3.43. The number of piperidine rings is 1. The molecule has 2 N–H and O–H groups in total. The molecule has 106 valence electrons. The van der Waals surface area contributed by atoms with E-state index in [0.717, 1.165) is 6.54 Å². The molecule has 0 amide bonds. The Kier molecular flexibility index (Phi) is 5.00. The minimum atomic E-state index is 0.527. The van der Waals surface area contributed by atoms with Crippen LogP contribution in [0.5, 0.6) is 0 Å². The maximum Gasteiger partial charge on any atom is 0.0390 e. The molecule has 0 radical (unpaired) electrons. The van der Waals surface area contributed by atoms with Gasteiger partial charge >= 0.3 is 0 Å². The van der Waals surface area contributed by atoms with Crippen LogP contribution in [0.25, 0.3) is 0 Å². The molecule has 1 aromatic rings. The van der Waals surface area contributed by atoms with E-state index in [0.29, 0.717) is 12.0 Å². The Balaban J connectivity index is 2.33. The summed E-state index contributed by atoms with van der Waals surface area (Å²) in [5, 5.41) is 0. The monoisotopic (exact) mass is 260 g/mol. The standard InChI is InChI=1S/C17H28N2/c1-4-9-19-10-5-6-15(12-18)17(19)16-8-7-13(2)11-14(16)3/h7-8,11,15,17H,4-6,9-10,12,18H2,1-3H3. The van der Waals surface area contributed by atoms with Gasteiger partial charge in [0.2, 0.25) is 0 Å². The van der Waals surface area contributed by atoms with E-state index in [1.54, 1.807) is 0 Å². The molecular weight excluding hydrogens is 232 g/mol. The smallest absolute Gasteiger partial charge is 0.0390 e. The van der Waals surface area contributed by atoms with Gasteiger partial charge in [-0.25, -0.2) is 0 Å². The Bertz CT molecular complexity index is 412. The molecule has 1 aliphatic rings. The molecule has 19 heavy (non-hydrogen) atoms. The Labute approximate surface area is 118 Å². The van der Waals surface area contributed by atoms with Gasteiger partial charge in [-0.15, -0.1) is 0 Å². The zero-order valence-electron chi connectivity index (χ0n) is 12.7. The molecule has 2 nitrogen and oxygen atoms in total. The highest BCUT2D eigenvalue weighted by molar-refractivity contribution is 5.33. The molecule has 0 bridgehead atoms. The Hall–Kier alpha value is -0.860. The van der Waals surface area contributed by atoms with E-state index in [1.165, 1.54) is 49.0 Å². The minimum absolute atomic E-state index is 0.527. The van der Waals surface area contributed by atoms with Crippen LogP contribution in [0, 0.1) is 19.8 Å². The maximum absolute atomic E-state index is 6.04. The summed E-state index contributed by atoms with van der Waals surface area (Å²) in [5.41, 5.74) is 10.3. The van der Waals surface area contributed by atoms with E-state index in [1.807, 2.05) is 0 Å². The molecule has 1 heterocycles. The first-order chi connectivity index (χ1) is 9.17. The normalized spacial score (nSPS) is 24.6. The lowest BCUT2D eigenvalue weighted by molar-refractivity contribution is 0.0956. The first kappa shape index (κ1) is 14.5. The number of nitrogens with zero attached hydrogens (tertiary/aromatic N) is 1. The van der Waals surface area contributed by atoms with Gasteiger partial charge in [0.15, 0.2) is 0 Å². The van der Waals surface area contributed by atoms with Gasteiger partial charge in [0.1, 0.15) is 0 Å².